The molecule has 0 fully saturated rings. The smallest absolute Gasteiger partial charge is 0.156 e. The number of ether oxygens (including phenoxy) is 1. The van der Waals surface area contributed by atoms with Crippen molar-refractivity contribution >= 4 is 5.82 Å². The van der Waals surface area contributed by atoms with Crippen LogP contribution in [0.25, 0.3) is 0 Å². The third kappa shape index (κ3) is 2.32. The fourth-order valence-electron chi connectivity index (χ4n) is 2.11. The summed E-state index contributed by atoms with van der Waals surface area (Å²) >= 11 is 0. The van der Waals surface area contributed by atoms with Gasteiger partial charge in [0, 0.05) is 24.9 Å². The maximum absolute atomic E-state index is 5.36. The first-order valence-electron chi connectivity index (χ1n) is 5.99. The van der Waals surface area contributed by atoms with Crippen LogP contribution in [-0.2, 0) is 24.2 Å². The van der Waals surface area contributed by atoms with Crippen LogP contribution in [0.15, 0.2) is 0 Å². The van der Waals surface area contributed by atoms with Crippen molar-refractivity contribution in [3.63, 3.8) is 0 Å². The predicted octanol–water partition coefficient (Wildman–Crippen LogP) is 1.93. The van der Waals surface area contributed by atoms with Crippen molar-refractivity contribution in [2.45, 2.75) is 39.2 Å². The molecule has 1 aliphatic rings. The number of nitrogens with zero attached hydrogens (tertiary/aromatic N) is 2. The first kappa shape index (κ1) is 11.3. The highest BCUT2D eigenvalue weighted by Gasteiger charge is 2.16. The second-order valence-electron chi connectivity index (χ2n) is 4.01. The molecule has 0 bridgehead atoms. The maximum Gasteiger partial charge on any atom is 0.156 e. The van der Waals surface area contributed by atoms with Crippen LogP contribution in [0.3, 0.4) is 0 Å². The Balaban J connectivity index is 2.28. The summed E-state index contributed by atoms with van der Waals surface area (Å²) in [7, 11) is 1.92. The van der Waals surface area contributed by atoms with E-state index in [1.165, 1.54) is 24.1 Å². The van der Waals surface area contributed by atoms with Crippen molar-refractivity contribution in [1.82, 2.24) is 9.97 Å². The Kier molecular flexibility index (Phi) is 3.72. The number of hydrogen-bond donors (Lipinski definition) is 1. The van der Waals surface area contributed by atoms with E-state index in [0.717, 1.165) is 24.5 Å². The second-order valence-corrected chi connectivity index (χ2v) is 4.01. The van der Waals surface area contributed by atoms with Gasteiger partial charge in [-0.05, 0) is 32.6 Å². The minimum absolute atomic E-state index is 0.512. The van der Waals surface area contributed by atoms with Gasteiger partial charge in [-0.1, -0.05) is 0 Å². The lowest BCUT2D eigenvalue weighted by Crippen LogP contribution is -2.13. The molecule has 0 unspecified atom stereocenters. The van der Waals surface area contributed by atoms with Crippen molar-refractivity contribution in [2.75, 3.05) is 19.0 Å². The molecule has 1 aliphatic carbocycles. The van der Waals surface area contributed by atoms with Crippen LogP contribution in [-0.4, -0.2) is 23.6 Å². The van der Waals surface area contributed by atoms with Gasteiger partial charge in [-0.15, -0.1) is 0 Å². The zero-order valence-corrected chi connectivity index (χ0v) is 10.0. The van der Waals surface area contributed by atoms with Gasteiger partial charge in [0.25, 0.3) is 0 Å². The number of aromatic nitrogens is 2. The minimum Gasteiger partial charge on any atom is -0.374 e. The van der Waals surface area contributed by atoms with Gasteiger partial charge in [-0.2, -0.15) is 0 Å². The third-order valence-electron chi connectivity index (χ3n) is 2.90. The number of anilines is 1. The molecule has 0 spiro atoms. The summed E-state index contributed by atoms with van der Waals surface area (Å²) in [5.74, 6) is 1.78. The Morgan fingerprint density at radius 2 is 2.06 bits per heavy atom. The second kappa shape index (κ2) is 5.25. The molecule has 0 radical (unpaired) electrons. The van der Waals surface area contributed by atoms with Gasteiger partial charge in [0.2, 0.25) is 0 Å². The molecule has 2 rings (SSSR count). The van der Waals surface area contributed by atoms with Gasteiger partial charge in [0.1, 0.15) is 12.4 Å². The van der Waals surface area contributed by atoms with Crippen molar-refractivity contribution in [2.24, 2.45) is 0 Å². The molecule has 0 aliphatic heterocycles. The molecule has 0 amide bonds. The summed E-state index contributed by atoms with van der Waals surface area (Å²) < 4.78 is 5.36. The van der Waals surface area contributed by atoms with Gasteiger partial charge in [-0.25, -0.2) is 9.97 Å². The first-order valence-corrected chi connectivity index (χ1v) is 5.99. The van der Waals surface area contributed by atoms with Crippen LogP contribution in [0.2, 0.25) is 0 Å². The SMILES string of the molecule is CCOCc1nc2c(c(NC)n1)CCCC2. The van der Waals surface area contributed by atoms with Crippen LogP contribution >= 0.6 is 0 Å². The van der Waals surface area contributed by atoms with Crippen molar-refractivity contribution in [1.29, 1.82) is 0 Å². The van der Waals surface area contributed by atoms with Gasteiger partial charge in [0.05, 0.1) is 0 Å². The van der Waals surface area contributed by atoms with Gasteiger partial charge < -0.3 is 10.1 Å². The number of nitrogens with one attached hydrogen (secondary N) is 1. The summed E-state index contributed by atoms with van der Waals surface area (Å²) in [6.45, 7) is 3.20. The molecule has 1 aromatic rings. The predicted molar refractivity (Wildman–Crippen MR) is 63.6 cm³/mol. The topological polar surface area (TPSA) is 47.0 Å². The molecule has 4 heteroatoms. The largest absolute Gasteiger partial charge is 0.374 e. The van der Waals surface area contributed by atoms with Crippen LogP contribution < -0.4 is 5.32 Å². The molecular weight excluding hydrogens is 202 g/mol. The average molecular weight is 221 g/mol. The minimum atomic E-state index is 0.512. The third-order valence-corrected chi connectivity index (χ3v) is 2.90. The van der Waals surface area contributed by atoms with Crippen molar-refractivity contribution < 1.29 is 4.74 Å². The van der Waals surface area contributed by atoms with Crippen LogP contribution in [0, 0.1) is 0 Å². The monoisotopic (exact) mass is 221 g/mol. The number of rotatable bonds is 4. The van der Waals surface area contributed by atoms with Crippen molar-refractivity contribution in [3.8, 4) is 0 Å². The summed E-state index contributed by atoms with van der Waals surface area (Å²) in [6.07, 6.45) is 4.66. The Morgan fingerprint density at radius 1 is 1.25 bits per heavy atom. The van der Waals surface area contributed by atoms with E-state index in [2.05, 4.69) is 15.3 Å². The maximum atomic E-state index is 5.36. The normalized spacial score (nSPS) is 14.6. The molecular formula is C12H19N3O. The molecule has 88 valence electrons. The first-order chi connectivity index (χ1) is 7.85. The quantitative estimate of drug-likeness (QED) is 0.844. The van der Waals surface area contributed by atoms with E-state index < -0.39 is 0 Å². The molecule has 0 aromatic carbocycles. The average Bonchev–Trinajstić information content (AvgIpc) is 2.35. The summed E-state index contributed by atoms with van der Waals surface area (Å²) in [4.78, 5) is 9.08. The fourth-order valence-corrected chi connectivity index (χ4v) is 2.11. The van der Waals surface area contributed by atoms with Crippen molar-refractivity contribution in [3.05, 3.63) is 17.1 Å². The van der Waals surface area contributed by atoms with E-state index in [-0.39, 0.29) is 0 Å². The van der Waals surface area contributed by atoms with Gasteiger partial charge in [-0.3, -0.25) is 0 Å². The summed E-state index contributed by atoms with van der Waals surface area (Å²) in [5.41, 5.74) is 2.51. The molecule has 0 saturated heterocycles. The lowest BCUT2D eigenvalue weighted by molar-refractivity contribution is 0.128. The molecule has 4 nitrogen and oxygen atoms in total. The van der Waals surface area contributed by atoms with E-state index in [1.807, 2.05) is 14.0 Å². The van der Waals surface area contributed by atoms with Crippen LogP contribution in [0.5, 0.6) is 0 Å². The summed E-state index contributed by atoms with van der Waals surface area (Å²) in [6, 6.07) is 0. The molecule has 0 saturated carbocycles. The lowest BCUT2D eigenvalue weighted by atomic mass is 9.96. The van der Waals surface area contributed by atoms with Gasteiger partial charge >= 0.3 is 0 Å². The zero-order chi connectivity index (χ0) is 11.4. The summed E-state index contributed by atoms with van der Waals surface area (Å²) in [5, 5.41) is 3.17. The number of aryl methyl sites for hydroxylation is 1. The standard InChI is InChI=1S/C12H19N3O/c1-3-16-8-11-14-10-7-5-4-6-9(10)12(13-2)15-11/h3-8H2,1-2H3,(H,13,14,15). The molecule has 1 N–H and O–H groups in total. The van der Waals surface area contributed by atoms with E-state index in [9.17, 15) is 0 Å². The molecule has 0 atom stereocenters. The zero-order valence-electron chi connectivity index (χ0n) is 10.0. The highest BCUT2D eigenvalue weighted by Crippen LogP contribution is 2.25. The number of hydrogen-bond acceptors (Lipinski definition) is 4. The van der Waals surface area contributed by atoms with E-state index in [0.29, 0.717) is 13.2 Å². The van der Waals surface area contributed by atoms with E-state index in [1.54, 1.807) is 0 Å². The molecule has 16 heavy (non-hydrogen) atoms. The Morgan fingerprint density at radius 3 is 2.81 bits per heavy atom. The fraction of sp³-hybridized carbons (Fsp3) is 0.667. The highest BCUT2D eigenvalue weighted by molar-refractivity contribution is 5.47. The number of fused-ring (bicyclic) bond motifs is 1. The van der Waals surface area contributed by atoms with Crippen LogP contribution in [0.1, 0.15) is 36.8 Å². The van der Waals surface area contributed by atoms with Gasteiger partial charge in [0.15, 0.2) is 5.82 Å². The van der Waals surface area contributed by atoms with E-state index >= 15 is 0 Å². The molecule has 1 heterocycles. The lowest BCUT2D eigenvalue weighted by Gasteiger charge is -2.18. The Bertz CT molecular complexity index is 348. The molecule has 1 aromatic heterocycles. The van der Waals surface area contributed by atoms with E-state index in [4.69, 9.17) is 4.74 Å². The Labute approximate surface area is 96.4 Å². The Hall–Kier alpha value is -1.16. The van der Waals surface area contributed by atoms with Crippen LogP contribution in [0.4, 0.5) is 5.82 Å². The highest BCUT2D eigenvalue weighted by atomic mass is 16.5.